The molecule has 0 spiro atoms. The summed E-state index contributed by atoms with van der Waals surface area (Å²) in [6.07, 6.45) is 1.53. The summed E-state index contributed by atoms with van der Waals surface area (Å²) in [6, 6.07) is 0.137. The van der Waals surface area contributed by atoms with E-state index in [0.29, 0.717) is 23.6 Å². The molecule has 0 saturated heterocycles. The predicted molar refractivity (Wildman–Crippen MR) is 65.6 cm³/mol. The number of rotatable bonds is 5. The highest BCUT2D eigenvalue weighted by atomic mass is 35.5. The molecule has 1 aromatic heterocycles. The standard InChI is InChI=1S/C10H17ClN4O/c1-3-7(4-5-16)14-9-8(12)6(2)13-10(11)15-9/h7,16H,3-5,12H2,1-2H3,(H,13,14,15). The maximum absolute atomic E-state index is 8.89. The number of aromatic nitrogens is 2. The fourth-order valence-corrected chi connectivity index (χ4v) is 1.60. The molecule has 0 bridgehead atoms. The molecule has 16 heavy (non-hydrogen) atoms. The van der Waals surface area contributed by atoms with Crippen molar-refractivity contribution in [3.8, 4) is 0 Å². The van der Waals surface area contributed by atoms with Crippen molar-refractivity contribution in [2.75, 3.05) is 17.7 Å². The van der Waals surface area contributed by atoms with Gasteiger partial charge in [-0.15, -0.1) is 0 Å². The molecule has 1 rings (SSSR count). The second kappa shape index (κ2) is 5.86. The van der Waals surface area contributed by atoms with Gasteiger partial charge in [0, 0.05) is 12.6 Å². The zero-order chi connectivity index (χ0) is 12.1. The summed E-state index contributed by atoms with van der Waals surface area (Å²) in [4.78, 5) is 7.99. The SMILES string of the molecule is CCC(CCO)Nc1nc(Cl)nc(C)c1N. The molecule has 5 nitrogen and oxygen atoms in total. The van der Waals surface area contributed by atoms with Crippen LogP contribution in [0.2, 0.25) is 5.28 Å². The lowest BCUT2D eigenvalue weighted by atomic mass is 10.1. The molecule has 0 aliphatic rings. The van der Waals surface area contributed by atoms with Crippen molar-refractivity contribution in [3.05, 3.63) is 11.0 Å². The van der Waals surface area contributed by atoms with E-state index < -0.39 is 0 Å². The maximum atomic E-state index is 8.89. The average molecular weight is 245 g/mol. The summed E-state index contributed by atoms with van der Waals surface area (Å²) < 4.78 is 0. The number of halogens is 1. The fraction of sp³-hybridized carbons (Fsp3) is 0.600. The van der Waals surface area contributed by atoms with Gasteiger partial charge in [0.15, 0.2) is 5.82 Å². The minimum atomic E-state index is 0.128. The van der Waals surface area contributed by atoms with Crippen LogP contribution < -0.4 is 11.1 Å². The quantitative estimate of drug-likeness (QED) is 0.685. The van der Waals surface area contributed by atoms with Crippen LogP contribution in [0, 0.1) is 6.92 Å². The van der Waals surface area contributed by atoms with Crippen molar-refractivity contribution in [3.63, 3.8) is 0 Å². The largest absolute Gasteiger partial charge is 0.396 e. The normalized spacial score (nSPS) is 12.5. The van der Waals surface area contributed by atoms with Gasteiger partial charge in [0.05, 0.1) is 11.4 Å². The van der Waals surface area contributed by atoms with E-state index in [1.165, 1.54) is 0 Å². The van der Waals surface area contributed by atoms with Crippen LogP contribution in [0.5, 0.6) is 0 Å². The van der Waals surface area contributed by atoms with E-state index in [1.54, 1.807) is 6.92 Å². The van der Waals surface area contributed by atoms with Crippen molar-refractivity contribution in [2.24, 2.45) is 0 Å². The number of hydrogen-bond acceptors (Lipinski definition) is 5. The first-order chi connectivity index (χ1) is 7.58. The summed E-state index contributed by atoms with van der Waals surface area (Å²) in [5.74, 6) is 0.540. The summed E-state index contributed by atoms with van der Waals surface area (Å²) in [7, 11) is 0. The number of nitrogens with one attached hydrogen (secondary N) is 1. The van der Waals surface area contributed by atoms with Crippen molar-refractivity contribution >= 4 is 23.1 Å². The average Bonchev–Trinajstić information content (AvgIpc) is 2.24. The molecule has 6 heteroatoms. The van der Waals surface area contributed by atoms with Gasteiger partial charge in [-0.05, 0) is 31.4 Å². The van der Waals surface area contributed by atoms with Gasteiger partial charge in [-0.25, -0.2) is 4.98 Å². The lowest BCUT2D eigenvalue weighted by Crippen LogP contribution is -2.22. The number of aliphatic hydroxyl groups excluding tert-OH is 1. The molecule has 0 aliphatic carbocycles. The van der Waals surface area contributed by atoms with Crippen LogP contribution in [-0.2, 0) is 0 Å². The van der Waals surface area contributed by atoms with Crippen LogP contribution in [0.1, 0.15) is 25.5 Å². The molecule has 0 aliphatic heterocycles. The third-order valence-corrected chi connectivity index (χ3v) is 2.59. The molecule has 1 aromatic rings. The Kier molecular flexibility index (Phi) is 4.76. The Morgan fingerprint density at radius 2 is 2.19 bits per heavy atom. The van der Waals surface area contributed by atoms with Crippen LogP contribution in [0.15, 0.2) is 0 Å². The van der Waals surface area contributed by atoms with Crippen molar-refractivity contribution in [1.29, 1.82) is 0 Å². The zero-order valence-corrected chi connectivity index (χ0v) is 10.3. The molecule has 0 saturated carbocycles. The summed E-state index contributed by atoms with van der Waals surface area (Å²) in [5.41, 5.74) is 7.00. The number of anilines is 2. The third kappa shape index (κ3) is 3.21. The Morgan fingerprint density at radius 1 is 1.50 bits per heavy atom. The van der Waals surface area contributed by atoms with E-state index >= 15 is 0 Å². The number of hydrogen-bond donors (Lipinski definition) is 3. The predicted octanol–water partition coefficient (Wildman–Crippen LogP) is 1.59. The summed E-state index contributed by atoms with van der Waals surface area (Å²) in [5, 5.41) is 12.2. The van der Waals surface area contributed by atoms with Gasteiger partial charge in [0.1, 0.15) is 0 Å². The van der Waals surface area contributed by atoms with E-state index in [4.69, 9.17) is 22.4 Å². The van der Waals surface area contributed by atoms with Gasteiger partial charge >= 0.3 is 0 Å². The Labute approximate surface area is 100 Å². The van der Waals surface area contributed by atoms with Gasteiger partial charge < -0.3 is 16.2 Å². The molecule has 0 aromatic carbocycles. The van der Waals surface area contributed by atoms with E-state index in [1.807, 2.05) is 6.92 Å². The summed E-state index contributed by atoms with van der Waals surface area (Å²) in [6.45, 7) is 3.93. The Hall–Kier alpha value is -1.07. The molecule has 1 atom stereocenters. The first-order valence-corrected chi connectivity index (χ1v) is 5.63. The van der Waals surface area contributed by atoms with Crippen LogP contribution in [0.4, 0.5) is 11.5 Å². The van der Waals surface area contributed by atoms with Crippen LogP contribution in [-0.4, -0.2) is 27.7 Å². The van der Waals surface area contributed by atoms with Crippen LogP contribution in [0.3, 0.4) is 0 Å². The fourth-order valence-electron chi connectivity index (χ4n) is 1.39. The van der Waals surface area contributed by atoms with Gasteiger partial charge in [0.25, 0.3) is 0 Å². The van der Waals surface area contributed by atoms with Crippen molar-refractivity contribution in [2.45, 2.75) is 32.7 Å². The van der Waals surface area contributed by atoms with Gasteiger partial charge in [-0.3, -0.25) is 0 Å². The molecular formula is C10H17ClN4O. The lowest BCUT2D eigenvalue weighted by molar-refractivity contribution is 0.278. The van der Waals surface area contributed by atoms with E-state index in [9.17, 15) is 0 Å². The van der Waals surface area contributed by atoms with Gasteiger partial charge in [-0.2, -0.15) is 4.98 Å². The minimum Gasteiger partial charge on any atom is -0.396 e. The Bertz CT molecular complexity index is 359. The minimum absolute atomic E-state index is 0.128. The highest BCUT2D eigenvalue weighted by molar-refractivity contribution is 6.28. The Balaban J connectivity index is 2.87. The third-order valence-electron chi connectivity index (χ3n) is 2.42. The molecular weight excluding hydrogens is 228 g/mol. The number of nitrogens with zero attached hydrogens (tertiary/aromatic N) is 2. The second-order valence-electron chi connectivity index (χ2n) is 3.60. The zero-order valence-electron chi connectivity index (χ0n) is 9.50. The molecule has 90 valence electrons. The number of aryl methyl sites for hydroxylation is 1. The second-order valence-corrected chi connectivity index (χ2v) is 3.94. The van der Waals surface area contributed by atoms with E-state index in [2.05, 4.69) is 15.3 Å². The number of nitrogens with two attached hydrogens (primary N) is 1. The van der Waals surface area contributed by atoms with Gasteiger partial charge in [-0.1, -0.05) is 6.92 Å². The van der Waals surface area contributed by atoms with Crippen LogP contribution in [0.25, 0.3) is 0 Å². The molecule has 1 heterocycles. The molecule has 0 fully saturated rings. The lowest BCUT2D eigenvalue weighted by Gasteiger charge is -2.18. The maximum Gasteiger partial charge on any atom is 0.224 e. The smallest absolute Gasteiger partial charge is 0.224 e. The molecule has 4 N–H and O–H groups in total. The molecule has 1 unspecified atom stereocenters. The number of nitrogen functional groups attached to an aromatic ring is 1. The highest BCUT2D eigenvalue weighted by Crippen LogP contribution is 2.22. The first-order valence-electron chi connectivity index (χ1n) is 5.25. The molecule has 0 radical (unpaired) electrons. The monoisotopic (exact) mass is 244 g/mol. The topological polar surface area (TPSA) is 84.1 Å². The van der Waals surface area contributed by atoms with E-state index in [0.717, 1.165) is 6.42 Å². The van der Waals surface area contributed by atoms with Crippen molar-refractivity contribution in [1.82, 2.24) is 9.97 Å². The van der Waals surface area contributed by atoms with Crippen molar-refractivity contribution < 1.29 is 5.11 Å². The van der Waals surface area contributed by atoms with Crippen LogP contribution >= 0.6 is 11.6 Å². The van der Waals surface area contributed by atoms with E-state index in [-0.39, 0.29) is 17.9 Å². The summed E-state index contributed by atoms with van der Waals surface area (Å²) >= 11 is 5.76. The highest BCUT2D eigenvalue weighted by Gasteiger charge is 2.11. The number of aliphatic hydroxyl groups is 1. The Morgan fingerprint density at radius 3 is 2.75 bits per heavy atom. The molecule has 0 amide bonds. The first kappa shape index (κ1) is 13.0. The van der Waals surface area contributed by atoms with Gasteiger partial charge in [0.2, 0.25) is 5.28 Å².